The van der Waals surface area contributed by atoms with Gasteiger partial charge in [-0.1, -0.05) is 47.0 Å². The number of amides is 2. The molecule has 1 fully saturated rings. The molecule has 1 aliphatic carbocycles. The molecule has 0 aromatic heterocycles. The van der Waals surface area contributed by atoms with Gasteiger partial charge in [0.25, 0.3) is 0 Å². The molecule has 2 amide bonds. The Bertz CT molecular complexity index is 536. The van der Waals surface area contributed by atoms with Crippen molar-refractivity contribution in [3.63, 3.8) is 0 Å². The molecule has 31 heavy (non-hydrogen) atoms. The van der Waals surface area contributed by atoms with Crippen LogP contribution in [0, 0.1) is 17.8 Å². The summed E-state index contributed by atoms with van der Waals surface area (Å²) < 4.78 is 5.41. The number of alkyl carbamates (subject to hydrolysis) is 1. The summed E-state index contributed by atoms with van der Waals surface area (Å²) >= 11 is 0. The minimum Gasteiger partial charge on any atom is -0.444 e. The molecule has 0 heterocycles. The number of rotatable bonds is 11. The zero-order valence-corrected chi connectivity index (χ0v) is 21.0. The monoisotopic (exact) mass is 440 g/mol. The van der Waals surface area contributed by atoms with Crippen LogP contribution in [0.15, 0.2) is 0 Å². The van der Waals surface area contributed by atoms with Crippen molar-refractivity contribution < 1.29 is 19.4 Å². The van der Waals surface area contributed by atoms with Crippen molar-refractivity contribution in [2.75, 3.05) is 0 Å². The maximum Gasteiger partial charge on any atom is 0.407 e. The normalized spacial score (nSPS) is 18.5. The topological polar surface area (TPSA) is 87.7 Å². The Morgan fingerprint density at radius 2 is 1.58 bits per heavy atom. The van der Waals surface area contributed by atoms with Crippen LogP contribution in [0.25, 0.3) is 0 Å². The van der Waals surface area contributed by atoms with Crippen molar-refractivity contribution in [2.45, 2.75) is 130 Å². The van der Waals surface area contributed by atoms with Gasteiger partial charge >= 0.3 is 6.09 Å². The Kier molecular flexibility index (Phi) is 11.9. The summed E-state index contributed by atoms with van der Waals surface area (Å²) in [7, 11) is 0. The van der Waals surface area contributed by atoms with Gasteiger partial charge in [-0.15, -0.1) is 0 Å². The average molecular weight is 441 g/mol. The smallest absolute Gasteiger partial charge is 0.407 e. The van der Waals surface area contributed by atoms with E-state index in [-0.39, 0.29) is 11.9 Å². The molecular weight excluding hydrogens is 392 g/mol. The molecule has 3 atom stereocenters. The number of carbonyl (C=O) groups excluding carboxylic acids is 2. The fraction of sp³-hybridized carbons (Fsp3) is 0.920. The van der Waals surface area contributed by atoms with E-state index in [1.807, 2.05) is 20.8 Å². The van der Waals surface area contributed by atoms with Crippen LogP contribution in [0.5, 0.6) is 0 Å². The van der Waals surface area contributed by atoms with E-state index in [1.54, 1.807) is 0 Å². The summed E-state index contributed by atoms with van der Waals surface area (Å²) in [4.78, 5) is 24.9. The third kappa shape index (κ3) is 12.4. The lowest BCUT2D eigenvalue weighted by atomic mass is 9.80. The Hall–Kier alpha value is -1.30. The van der Waals surface area contributed by atoms with Crippen LogP contribution >= 0.6 is 0 Å². The molecule has 0 saturated heterocycles. The predicted octanol–water partition coefficient (Wildman–Crippen LogP) is 5.18. The largest absolute Gasteiger partial charge is 0.444 e. The summed E-state index contributed by atoms with van der Waals surface area (Å²) in [6.45, 7) is 13.9. The van der Waals surface area contributed by atoms with Gasteiger partial charge in [-0.25, -0.2) is 4.79 Å². The Morgan fingerprint density at radius 3 is 2.10 bits per heavy atom. The van der Waals surface area contributed by atoms with E-state index < -0.39 is 23.8 Å². The quantitative estimate of drug-likeness (QED) is 0.413. The van der Waals surface area contributed by atoms with Crippen LogP contribution in [-0.4, -0.2) is 40.9 Å². The van der Waals surface area contributed by atoms with Gasteiger partial charge in [0.15, 0.2) is 0 Å². The standard InChI is InChI=1S/C25H48N2O4/c1-17(2)13-14-23(29)26-20(19-11-9-8-10-12-19)16-22(28)21(15-18(3)4)27-24(30)31-25(5,6)7/h17-22,28H,8-16H2,1-7H3,(H,26,29)(H,27,30). The molecule has 1 aliphatic rings. The average Bonchev–Trinajstić information content (AvgIpc) is 2.64. The number of carbonyl (C=O) groups is 2. The first-order chi connectivity index (χ1) is 14.4. The van der Waals surface area contributed by atoms with Crippen LogP contribution in [-0.2, 0) is 9.53 Å². The third-order valence-corrected chi connectivity index (χ3v) is 5.90. The number of aliphatic hydroxyl groups excluding tert-OH is 1. The summed E-state index contributed by atoms with van der Waals surface area (Å²) in [5.74, 6) is 1.24. The SMILES string of the molecule is CC(C)CCC(=O)NC(CC(O)C(CC(C)C)NC(=O)OC(C)(C)C)C1CCCCC1. The molecule has 3 N–H and O–H groups in total. The minimum atomic E-state index is -0.743. The predicted molar refractivity (Wildman–Crippen MR) is 126 cm³/mol. The third-order valence-electron chi connectivity index (χ3n) is 5.90. The van der Waals surface area contributed by atoms with Crippen molar-refractivity contribution in [2.24, 2.45) is 17.8 Å². The number of hydrogen-bond acceptors (Lipinski definition) is 4. The molecule has 0 aromatic carbocycles. The summed E-state index contributed by atoms with van der Waals surface area (Å²) in [5.41, 5.74) is -0.591. The summed E-state index contributed by atoms with van der Waals surface area (Å²) in [5, 5.41) is 17.2. The zero-order chi connectivity index (χ0) is 23.6. The fourth-order valence-electron chi connectivity index (χ4n) is 4.31. The molecule has 0 aliphatic heterocycles. The van der Waals surface area contributed by atoms with Crippen LogP contribution in [0.2, 0.25) is 0 Å². The van der Waals surface area contributed by atoms with Crippen molar-refractivity contribution in [3.05, 3.63) is 0 Å². The summed E-state index contributed by atoms with van der Waals surface area (Å²) in [6.07, 6.45) is 6.97. The second-order valence-electron chi connectivity index (χ2n) is 11.2. The van der Waals surface area contributed by atoms with Crippen LogP contribution in [0.3, 0.4) is 0 Å². The van der Waals surface area contributed by atoms with Gasteiger partial charge < -0.3 is 20.5 Å². The van der Waals surface area contributed by atoms with Gasteiger partial charge in [-0.3, -0.25) is 4.79 Å². The number of aliphatic hydroxyl groups is 1. The van der Waals surface area contributed by atoms with Crippen LogP contribution in [0.4, 0.5) is 4.79 Å². The highest BCUT2D eigenvalue weighted by atomic mass is 16.6. The highest BCUT2D eigenvalue weighted by Gasteiger charge is 2.32. The lowest BCUT2D eigenvalue weighted by molar-refractivity contribution is -0.122. The second-order valence-corrected chi connectivity index (χ2v) is 11.2. The lowest BCUT2D eigenvalue weighted by Gasteiger charge is -2.35. The Balaban J connectivity index is 2.85. The van der Waals surface area contributed by atoms with Gasteiger partial charge in [0.05, 0.1) is 12.1 Å². The molecule has 182 valence electrons. The molecule has 6 nitrogen and oxygen atoms in total. The Labute approximate surface area is 190 Å². The molecule has 1 rings (SSSR count). The van der Waals surface area contributed by atoms with Gasteiger partial charge in [0.2, 0.25) is 5.91 Å². The molecule has 1 saturated carbocycles. The van der Waals surface area contributed by atoms with E-state index in [9.17, 15) is 14.7 Å². The Morgan fingerprint density at radius 1 is 0.968 bits per heavy atom. The molecule has 0 spiro atoms. The fourth-order valence-corrected chi connectivity index (χ4v) is 4.31. The molecule has 3 unspecified atom stereocenters. The van der Waals surface area contributed by atoms with E-state index >= 15 is 0 Å². The first-order valence-corrected chi connectivity index (χ1v) is 12.3. The first-order valence-electron chi connectivity index (χ1n) is 12.3. The van der Waals surface area contributed by atoms with E-state index in [1.165, 1.54) is 19.3 Å². The molecule has 0 aromatic rings. The number of nitrogens with one attached hydrogen (secondary N) is 2. The molecule has 0 radical (unpaired) electrons. The van der Waals surface area contributed by atoms with E-state index in [2.05, 4.69) is 38.3 Å². The maximum atomic E-state index is 12.6. The highest BCUT2D eigenvalue weighted by Crippen LogP contribution is 2.29. The van der Waals surface area contributed by atoms with E-state index in [4.69, 9.17) is 4.74 Å². The lowest BCUT2D eigenvalue weighted by Crippen LogP contribution is -2.50. The van der Waals surface area contributed by atoms with Crippen molar-refractivity contribution >= 4 is 12.0 Å². The van der Waals surface area contributed by atoms with Crippen molar-refractivity contribution in [1.29, 1.82) is 0 Å². The minimum absolute atomic E-state index is 0.0648. The zero-order valence-electron chi connectivity index (χ0n) is 21.0. The molecule has 0 bridgehead atoms. The van der Waals surface area contributed by atoms with Gasteiger partial charge in [-0.05, 0) is 70.6 Å². The van der Waals surface area contributed by atoms with E-state index in [0.29, 0.717) is 37.0 Å². The van der Waals surface area contributed by atoms with Crippen molar-refractivity contribution in [3.8, 4) is 0 Å². The maximum absolute atomic E-state index is 12.6. The number of ether oxygens (including phenoxy) is 1. The van der Waals surface area contributed by atoms with E-state index in [0.717, 1.165) is 19.3 Å². The van der Waals surface area contributed by atoms with Gasteiger partial charge in [-0.2, -0.15) is 0 Å². The number of hydrogen-bond donors (Lipinski definition) is 3. The second kappa shape index (κ2) is 13.3. The van der Waals surface area contributed by atoms with Gasteiger partial charge in [0.1, 0.15) is 5.60 Å². The van der Waals surface area contributed by atoms with Crippen LogP contribution < -0.4 is 10.6 Å². The first kappa shape index (κ1) is 27.7. The van der Waals surface area contributed by atoms with Crippen molar-refractivity contribution in [1.82, 2.24) is 10.6 Å². The summed E-state index contributed by atoms with van der Waals surface area (Å²) in [6, 6.07) is -0.474. The van der Waals surface area contributed by atoms with Gasteiger partial charge in [0, 0.05) is 12.5 Å². The van der Waals surface area contributed by atoms with Crippen LogP contribution in [0.1, 0.15) is 106 Å². The molecular formula is C25H48N2O4. The molecule has 6 heteroatoms. The highest BCUT2D eigenvalue weighted by molar-refractivity contribution is 5.76.